The molecule has 25 heavy (non-hydrogen) atoms. The number of thioether (sulfide) groups is 1. The number of benzene rings is 1. The van der Waals surface area contributed by atoms with Crippen molar-refractivity contribution in [1.29, 1.82) is 0 Å². The number of nitrogens with one attached hydrogen (secondary N) is 1. The molecular formula is C17H20N4O3S. The van der Waals surface area contributed by atoms with Crippen LogP contribution in [0.5, 0.6) is 5.75 Å². The Balaban J connectivity index is 2.13. The van der Waals surface area contributed by atoms with E-state index in [0.717, 1.165) is 11.3 Å². The highest BCUT2D eigenvalue weighted by Crippen LogP contribution is 2.36. The van der Waals surface area contributed by atoms with E-state index in [1.807, 2.05) is 37.4 Å². The van der Waals surface area contributed by atoms with Gasteiger partial charge in [0.1, 0.15) is 11.8 Å². The molecule has 0 spiro atoms. The predicted octanol–water partition coefficient (Wildman–Crippen LogP) is 2.86. The van der Waals surface area contributed by atoms with Gasteiger partial charge in [0.15, 0.2) is 0 Å². The molecule has 1 atom stereocenters. The molecule has 2 aromatic rings. The largest absolute Gasteiger partial charge is 0.497 e. The van der Waals surface area contributed by atoms with Gasteiger partial charge < -0.3 is 14.8 Å². The maximum atomic E-state index is 12.6. The summed E-state index contributed by atoms with van der Waals surface area (Å²) in [7, 11) is 1.62. The van der Waals surface area contributed by atoms with Crippen molar-refractivity contribution in [3.8, 4) is 5.75 Å². The molecule has 1 N–H and O–H groups in total. The van der Waals surface area contributed by atoms with Crippen LogP contribution in [0.1, 0.15) is 25.5 Å². The number of rotatable bonds is 5. The lowest BCUT2D eigenvalue weighted by Crippen LogP contribution is -2.29. The van der Waals surface area contributed by atoms with E-state index in [-0.39, 0.29) is 5.97 Å². The molecule has 2 heterocycles. The smallest absolute Gasteiger partial charge is 0.338 e. The summed E-state index contributed by atoms with van der Waals surface area (Å²) in [6.45, 7) is 3.95. The molecule has 3 rings (SSSR count). The summed E-state index contributed by atoms with van der Waals surface area (Å²) in [6.07, 6.45) is 1.91. The van der Waals surface area contributed by atoms with Crippen LogP contribution in [0.15, 0.2) is 40.7 Å². The molecule has 1 aliphatic heterocycles. The van der Waals surface area contributed by atoms with E-state index in [4.69, 9.17) is 9.47 Å². The van der Waals surface area contributed by atoms with E-state index in [9.17, 15) is 4.79 Å². The fraction of sp³-hybridized carbons (Fsp3) is 0.353. The van der Waals surface area contributed by atoms with Crippen molar-refractivity contribution >= 4 is 23.7 Å². The average molecular weight is 360 g/mol. The maximum Gasteiger partial charge on any atom is 0.338 e. The van der Waals surface area contributed by atoms with Crippen LogP contribution < -0.4 is 10.1 Å². The summed E-state index contributed by atoms with van der Waals surface area (Å²) in [4.78, 5) is 17.1. The number of fused-ring (bicyclic) bond motifs is 1. The molecule has 0 fully saturated rings. The molecule has 0 saturated heterocycles. The van der Waals surface area contributed by atoms with E-state index in [2.05, 4.69) is 15.4 Å². The van der Waals surface area contributed by atoms with Crippen molar-refractivity contribution in [2.24, 2.45) is 0 Å². The van der Waals surface area contributed by atoms with Crippen LogP contribution in [-0.2, 0) is 9.53 Å². The van der Waals surface area contributed by atoms with Crippen LogP contribution in [0.25, 0.3) is 0 Å². The first-order chi connectivity index (χ1) is 12.1. The van der Waals surface area contributed by atoms with Crippen molar-refractivity contribution in [2.45, 2.75) is 25.0 Å². The Morgan fingerprint density at radius 1 is 1.36 bits per heavy atom. The standard InChI is InChI=1S/C17H20N4O3S/c1-5-24-15(22)13-10(2)18-16-19-17(25-4)20-21(16)14(13)11-6-8-12(23-3)9-7-11/h6-9,14H,5H2,1-4H3,(H,18,19,20). The average Bonchev–Trinajstić information content (AvgIpc) is 3.03. The van der Waals surface area contributed by atoms with Gasteiger partial charge in [-0.1, -0.05) is 23.9 Å². The van der Waals surface area contributed by atoms with Gasteiger partial charge in [-0.25, -0.2) is 9.48 Å². The zero-order chi connectivity index (χ0) is 18.0. The Morgan fingerprint density at radius 3 is 2.68 bits per heavy atom. The van der Waals surface area contributed by atoms with Gasteiger partial charge in [0, 0.05) is 5.70 Å². The molecule has 8 heteroatoms. The molecule has 1 unspecified atom stereocenters. The van der Waals surface area contributed by atoms with E-state index < -0.39 is 6.04 Å². The van der Waals surface area contributed by atoms with E-state index in [1.165, 1.54) is 11.8 Å². The van der Waals surface area contributed by atoms with Crippen LogP contribution >= 0.6 is 11.8 Å². The Labute approximate surface area is 150 Å². The number of nitrogens with zero attached hydrogens (tertiary/aromatic N) is 3. The van der Waals surface area contributed by atoms with Crippen molar-refractivity contribution in [3.05, 3.63) is 41.1 Å². The van der Waals surface area contributed by atoms with Gasteiger partial charge in [-0.2, -0.15) is 4.98 Å². The van der Waals surface area contributed by atoms with Crippen LogP contribution in [0, 0.1) is 0 Å². The topological polar surface area (TPSA) is 78.3 Å². The lowest BCUT2D eigenvalue weighted by molar-refractivity contribution is -0.139. The molecule has 0 radical (unpaired) electrons. The second kappa shape index (κ2) is 7.18. The number of aromatic nitrogens is 3. The minimum atomic E-state index is -0.408. The van der Waals surface area contributed by atoms with Gasteiger partial charge in [0.2, 0.25) is 11.1 Å². The first kappa shape index (κ1) is 17.3. The van der Waals surface area contributed by atoms with Crippen molar-refractivity contribution < 1.29 is 14.3 Å². The number of hydrogen-bond acceptors (Lipinski definition) is 7. The molecule has 1 aromatic carbocycles. The molecule has 132 valence electrons. The van der Waals surface area contributed by atoms with Gasteiger partial charge in [-0.05, 0) is 37.8 Å². The monoisotopic (exact) mass is 360 g/mol. The number of carbonyl (C=O) groups is 1. The number of allylic oxidation sites excluding steroid dienone is 1. The molecule has 1 aromatic heterocycles. The molecule has 1 aliphatic rings. The summed E-state index contributed by atoms with van der Waals surface area (Å²) >= 11 is 1.45. The van der Waals surface area contributed by atoms with Gasteiger partial charge in [0.25, 0.3) is 0 Å². The zero-order valence-electron chi connectivity index (χ0n) is 14.6. The number of ether oxygens (including phenoxy) is 2. The summed E-state index contributed by atoms with van der Waals surface area (Å²) in [5, 5.41) is 8.32. The first-order valence-electron chi connectivity index (χ1n) is 7.88. The fourth-order valence-electron chi connectivity index (χ4n) is 2.79. The summed E-state index contributed by atoms with van der Waals surface area (Å²) in [6, 6.07) is 7.16. The second-order valence-corrected chi connectivity index (χ2v) is 6.20. The normalized spacial score (nSPS) is 16.2. The van der Waals surface area contributed by atoms with Gasteiger partial charge in [-0.3, -0.25) is 0 Å². The molecule has 0 bridgehead atoms. The Bertz CT molecular complexity index is 814. The quantitative estimate of drug-likeness (QED) is 0.649. The highest BCUT2D eigenvalue weighted by Gasteiger charge is 2.35. The van der Waals surface area contributed by atoms with E-state index in [0.29, 0.717) is 29.0 Å². The SMILES string of the molecule is CCOC(=O)C1=C(C)Nc2nc(SC)nn2C1c1ccc(OC)cc1. The Morgan fingerprint density at radius 2 is 2.08 bits per heavy atom. The number of methoxy groups -OCH3 is 1. The van der Waals surface area contributed by atoms with Crippen molar-refractivity contribution in [3.63, 3.8) is 0 Å². The highest BCUT2D eigenvalue weighted by atomic mass is 32.2. The van der Waals surface area contributed by atoms with Crippen LogP contribution in [-0.4, -0.2) is 40.7 Å². The van der Waals surface area contributed by atoms with Gasteiger partial charge in [-0.15, -0.1) is 5.10 Å². The van der Waals surface area contributed by atoms with E-state index >= 15 is 0 Å². The van der Waals surface area contributed by atoms with Crippen molar-refractivity contribution in [1.82, 2.24) is 14.8 Å². The molecular weight excluding hydrogens is 340 g/mol. The van der Waals surface area contributed by atoms with E-state index in [1.54, 1.807) is 18.7 Å². The summed E-state index contributed by atoms with van der Waals surface area (Å²) in [5.41, 5.74) is 2.15. The molecule has 0 amide bonds. The third-order valence-corrected chi connectivity index (χ3v) is 4.48. The van der Waals surface area contributed by atoms with Crippen LogP contribution in [0.2, 0.25) is 0 Å². The van der Waals surface area contributed by atoms with Crippen molar-refractivity contribution in [2.75, 3.05) is 25.3 Å². The minimum Gasteiger partial charge on any atom is -0.497 e. The fourth-order valence-corrected chi connectivity index (χ4v) is 3.13. The second-order valence-electron chi connectivity index (χ2n) is 5.43. The molecule has 7 nitrogen and oxygen atoms in total. The number of anilines is 1. The highest BCUT2D eigenvalue weighted by molar-refractivity contribution is 7.98. The number of carbonyl (C=O) groups excluding carboxylic acids is 1. The molecule has 0 aliphatic carbocycles. The Hall–Kier alpha value is -2.48. The third kappa shape index (κ3) is 3.21. The zero-order valence-corrected chi connectivity index (χ0v) is 15.4. The maximum absolute atomic E-state index is 12.6. The minimum absolute atomic E-state index is 0.311. The summed E-state index contributed by atoms with van der Waals surface area (Å²) in [5.74, 6) is 0.996. The number of esters is 1. The Kier molecular flexibility index (Phi) is 4.98. The third-order valence-electron chi connectivity index (χ3n) is 3.94. The summed E-state index contributed by atoms with van der Waals surface area (Å²) < 4.78 is 12.2. The lowest BCUT2D eigenvalue weighted by Gasteiger charge is -2.28. The molecule has 0 saturated carbocycles. The van der Waals surface area contributed by atoms with Crippen LogP contribution in [0.4, 0.5) is 5.95 Å². The van der Waals surface area contributed by atoms with Gasteiger partial charge in [0.05, 0.1) is 19.3 Å². The first-order valence-corrected chi connectivity index (χ1v) is 9.10. The number of hydrogen-bond donors (Lipinski definition) is 1. The van der Waals surface area contributed by atoms with Gasteiger partial charge >= 0.3 is 5.97 Å². The predicted molar refractivity (Wildman–Crippen MR) is 95.9 cm³/mol. The lowest BCUT2D eigenvalue weighted by atomic mass is 9.96. The van der Waals surface area contributed by atoms with Crippen LogP contribution in [0.3, 0.4) is 0 Å².